The van der Waals surface area contributed by atoms with E-state index in [2.05, 4.69) is 23.3 Å². The lowest BCUT2D eigenvalue weighted by atomic mass is 10.2. The molecule has 12 heavy (non-hydrogen) atoms. The van der Waals surface area contributed by atoms with Gasteiger partial charge in [-0.15, -0.1) is 0 Å². The molecule has 1 heterocycles. The second-order valence-corrected chi connectivity index (χ2v) is 3.42. The summed E-state index contributed by atoms with van der Waals surface area (Å²) in [5, 5.41) is 3.51. The summed E-state index contributed by atoms with van der Waals surface area (Å²) in [5.41, 5.74) is 1.14. The Hall–Kier alpha value is -0.890. The van der Waals surface area contributed by atoms with Crippen LogP contribution in [0.1, 0.15) is 31.5 Å². The van der Waals surface area contributed by atoms with Crippen molar-refractivity contribution in [2.75, 3.05) is 0 Å². The molecule has 1 aromatic rings. The van der Waals surface area contributed by atoms with Crippen molar-refractivity contribution in [3.05, 3.63) is 30.1 Å². The van der Waals surface area contributed by atoms with Crippen LogP contribution in [-0.4, -0.2) is 11.0 Å². The van der Waals surface area contributed by atoms with E-state index in [4.69, 9.17) is 0 Å². The summed E-state index contributed by atoms with van der Waals surface area (Å²) < 4.78 is 0. The van der Waals surface area contributed by atoms with E-state index in [-0.39, 0.29) is 0 Å². The second kappa shape index (κ2) is 3.23. The van der Waals surface area contributed by atoms with Gasteiger partial charge in [0.2, 0.25) is 0 Å². The maximum atomic E-state index is 4.30. The fourth-order valence-corrected chi connectivity index (χ4v) is 1.32. The van der Waals surface area contributed by atoms with E-state index in [1.165, 1.54) is 12.8 Å². The summed E-state index contributed by atoms with van der Waals surface area (Å²) in [4.78, 5) is 4.30. The third-order valence-corrected chi connectivity index (χ3v) is 2.19. The number of nitrogens with one attached hydrogen (secondary N) is 1. The topological polar surface area (TPSA) is 24.9 Å². The van der Waals surface area contributed by atoms with Crippen LogP contribution in [0.3, 0.4) is 0 Å². The SMILES string of the molecule is C[C@H](NC1CC1)c1ccccn1. The molecule has 0 aliphatic heterocycles. The Morgan fingerprint density at radius 2 is 2.33 bits per heavy atom. The van der Waals surface area contributed by atoms with Gasteiger partial charge in [-0.2, -0.15) is 0 Å². The van der Waals surface area contributed by atoms with Crippen LogP contribution in [0.15, 0.2) is 24.4 Å². The third-order valence-electron chi connectivity index (χ3n) is 2.19. The molecule has 0 bridgehead atoms. The summed E-state index contributed by atoms with van der Waals surface area (Å²) in [7, 11) is 0. The number of rotatable bonds is 3. The Bertz CT molecular complexity index is 241. The van der Waals surface area contributed by atoms with E-state index in [9.17, 15) is 0 Å². The van der Waals surface area contributed by atoms with Crippen molar-refractivity contribution in [1.82, 2.24) is 10.3 Å². The van der Waals surface area contributed by atoms with E-state index in [0.29, 0.717) is 6.04 Å². The predicted octanol–water partition coefficient (Wildman–Crippen LogP) is 1.89. The van der Waals surface area contributed by atoms with Gasteiger partial charge in [0.15, 0.2) is 0 Å². The molecule has 0 aromatic carbocycles. The lowest BCUT2D eigenvalue weighted by molar-refractivity contribution is 0.558. The highest BCUT2D eigenvalue weighted by Crippen LogP contribution is 2.22. The summed E-state index contributed by atoms with van der Waals surface area (Å²) in [6, 6.07) is 7.21. The largest absolute Gasteiger partial charge is 0.306 e. The van der Waals surface area contributed by atoms with E-state index in [1.807, 2.05) is 18.3 Å². The van der Waals surface area contributed by atoms with Crippen molar-refractivity contribution in [3.8, 4) is 0 Å². The molecule has 1 saturated carbocycles. The first kappa shape index (κ1) is 7.74. The van der Waals surface area contributed by atoms with Gasteiger partial charge in [-0.1, -0.05) is 6.07 Å². The molecule has 1 N–H and O–H groups in total. The first-order valence-corrected chi connectivity index (χ1v) is 4.53. The number of hydrogen-bond acceptors (Lipinski definition) is 2. The fraction of sp³-hybridized carbons (Fsp3) is 0.500. The smallest absolute Gasteiger partial charge is 0.0570 e. The van der Waals surface area contributed by atoms with Gasteiger partial charge < -0.3 is 5.32 Å². The standard InChI is InChI=1S/C10H14N2/c1-8(12-9-5-6-9)10-4-2-3-7-11-10/h2-4,7-9,12H,5-6H2,1H3/t8-/m0/s1. The second-order valence-electron chi connectivity index (χ2n) is 3.42. The Labute approximate surface area is 73.0 Å². The number of hydrogen-bond donors (Lipinski definition) is 1. The molecule has 0 unspecified atom stereocenters. The van der Waals surface area contributed by atoms with Crippen LogP contribution in [-0.2, 0) is 0 Å². The van der Waals surface area contributed by atoms with Gasteiger partial charge in [0.05, 0.1) is 5.69 Å². The van der Waals surface area contributed by atoms with Crippen LogP contribution >= 0.6 is 0 Å². The summed E-state index contributed by atoms with van der Waals surface area (Å²) in [5.74, 6) is 0. The monoisotopic (exact) mass is 162 g/mol. The maximum Gasteiger partial charge on any atom is 0.0570 e. The van der Waals surface area contributed by atoms with E-state index >= 15 is 0 Å². The van der Waals surface area contributed by atoms with Crippen LogP contribution in [0.2, 0.25) is 0 Å². The van der Waals surface area contributed by atoms with Crippen LogP contribution in [0, 0.1) is 0 Å². The van der Waals surface area contributed by atoms with E-state index in [0.717, 1.165) is 11.7 Å². The minimum atomic E-state index is 0.402. The first-order valence-electron chi connectivity index (χ1n) is 4.53. The zero-order chi connectivity index (χ0) is 8.39. The number of aromatic nitrogens is 1. The lowest BCUT2D eigenvalue weighted by Gasteiger charge is -2.11. The normalized spacial score (nSPS) is 19.1. The van der Waals surface area contributed by atoms with Gasteiger partial charge in [0.25, 0.3) is 0 Å². The van der Waals surface area contributed by atoms with Crippen molar-refractivity contribution in [2.45, 2.75) is 31.8 Å². The molecule has 2 nitrogen and oxygen atoms in total. The highest BCUT2D eigenvalue weighted by Gasteiger charge is 2.23. The van der Waals surface area contributed by atoms with Crippen LogP contribution in [0.5, 0.6) is 0 Å². The molecule has 0 spiro atoms. The molecule has 1 aliphatic rings. The van der Waals surface area contributed by atoms with E-state index in [1.54, 1.807) is 0 Å². The van der Waals surface area contributed by atoms with Crippen molar-refractivity contribution in [3.63, 3.8) is 0 Å². The number of pyridine rings is 1. The van der Waals surface area contributed by atoms with Gasteiger partial charge in [0, 0.05) is 18.3 Å². The lowest BCUT2D eigenvalue weighted by Crippen LogP contribution is -2.21. The summed E-state index contributed by atoms with van der Waals surface area (Å²) in [6.45, 7) is 2.17. The van der Waals surface area contributed by atoms with Crippen molar-refractivity contribution in [1.29, 1.82) is 0 Å². The molecule has 2 heteroatoms. The quantitative estimate of drug-likeness (QED) is 0.734. The van der Waals surface area contributed by atoms with Crippen LogP contribution in [0.25, 0.3) is 0 Å². The molecule has 0 saturated heterocycles. The Balaban J connectivity index is 1.98. The zero-order valence-electron chi connectivity index (χ0n) is 7.33. The van der Waals surface area contributed by atoms with Crippen LogP contribution < -0.4 is 5.32 Å². The molecule has 64 valence electrons. The van der Waals surface area contributed by atoms with Crippen molar-refractivity contribution < 1.29 is 0 Å². The Morgan fingerprint density at radius 1 is 1.50 bits per heavy atom. The van der Waals surface area contributed by atoms with Gasteiger partial charge in [-0.3, -0.25) is 4.98 Å². The average Bonchev–Trinajstić information content (AvgIpc) is 2.90. The first-order chi connectivity index (χ1) is 5.86. The molecule has 1 fully saturated rings. The minimum Gasteiger partial charge on any atom is -0.306 e. The third kappa shape index (κ3) is 1.83. The number of nitrogens with zero attached hydrogens (tertiary/aromatic N) is 1. The fourth-order valence-electron chi connectivity index (χ4n) is 1.32. The maximum absolute atomic E-state index is 4.30. The Morgan fingerprint density at radius 3 is 2.92 bits per heavy atom. The highest BCUT2D eigenvalue weighted by atomic mass is 15.0. The van der Waals surface area contributed by atoms with Gasteiger partial charge >= 0.3 is 0 Å². The predicted molar refractivity (Wildman–Crippen MR) is 48.8 cm³/mol. The highest BCUT2D eigenvalue weighted by molar-refractivity contribution is 5.08. The molecule has 1 atom stereocenters. The van der Waals surface area contributed by atoms with Gasteiger partial charge in [-0.25, -0.2) is 0 Å². The molecule has 0 amide bonds. The summed E-state index contributed by atoms with van der Waals surface area (Å²) >= 11 is 0. The molecule has 2 rings (SSSR count). The molecular formula is C10H14N2. The molecule has 0 radical (unpaired) electrons. The van der Waals surface area contributed by atoms with E-state index < -0.39 is 0 Å². The summed E-state index contributed by atoms with van der Waals surface area (Å²) in [6.07, 6.45) is 4.51. The molecular weight excluding hydrogens is 148 g/mol. The van der Waals surface area contributed by atoms with Crippen LogP contribution in [0.4, 0.5) is 0 Å². The average molecular weight is 162 g/mol. The minimum absolute atomic E-state index is 0.402. The Kier molecular flexibility index (Phi) is 2.09. The molecule has 1 aromatic heterocycles. The van der Waals surface area contributed by atoms with Gasteiger partial charge in [0.1, 0.15) is 0 Å². The van der Waals surface area contributed by atoms with Gasteiger partial charge in [-0.05, 0) is 31.9 Å². The molecule has 1 aliphatic carbocycles. The zero-order valence-corrected chi connectivity index (χ0v) is 7.33. The van der Waals surface area contributed by atoms with Crippen molar-refractivity contribution >= 4 is 0 Å². The van der Waals surface area contributed by atoms with Crippen molar-refractivity contribution in [2.24, 2.45) is 0 Å².